The lowest BCUT2D eigenvalue weighted by atomic mass is 10.00. The maximum atomic E-state index is 6.72. The molecule has 0 bridgehead atoms. The van der Waals surface area contributed by atoms with E-state index in [1.54, 1.807) is 0 Å². The van der Waals surface area contributed by atoms with E-state index in [0.29, 0.717) is 6.04 Å². The van der Waals surface area contributed by atoms with E-state index in [0.717, 1.165) is 74.1 Å². The Labute approximate surface area is 332 Å². The molecule has 58 heavy (non-hydrogen) atoms. The first-order chi connectivity index (χ1) is 28.7. The standard InChI is InChI=1S/C52H35N5O/c53-40-17-6-8-19-43(40)54-26-25-45-51(54)36-16-10-15-34-37-27-31(21-23-42(37)57(45)50(34)36)56-41-18-7-4-13-32(41)38-28-39-47(29-46(38)56)55(30-11-2-1-3-12-30)44-24-22-35-33-14-5-9-20-48(33)58-52(35)49(39)44/h1-24,27-29,45,51H,25-26,53H2. The van der Waals surface area contributed by atoms with Crippen LogP contribution in [0.15, 0.2) is 168 Å². The molecule has 6 heteroatoms. The molecule has 2 unspecified atom stereocenters. The van der Waals surface area contributed by atoms with Gasteiger partial charge in [-0.15, -0.1) is 0 Å². The molecule has 2 N–H and O–H groups in total. The minimum Gasteiger partial charge on any atom is -0.455 e. The number of fused-ring (bicyclic) bond motifs is 16. The molecule has 0 saturated carbocycles. The van der Waals surface area contributed by atoms with Crippen LogP contribution in [0.2, 0.25) is 0 Å². The van der Waals surface area contributed by atoms with Gasteiger partial charge >= 0.3 is 0 Å². The van der Waals surface area contributed by atoms with Crippen molar-refractivity contribution in [3.63, 3.8) is 0 Å². The maximum absolute atomic E-state index is 6.72. The molecule has 6 nitrogen and oxygen atoms in total. The van der Waals surface area contributed by atoms with Crippen LogP contribution in [0.5, 0.6) is 0 Å². The molecule has 0 spiro atoms. The molecule has 274 valence electrons. The van der Waals surface area contributed by atoms with Gasteiger partial charge in [0.25, 0.3) is 0 Å². The van der Waals surface area contributed by atoms with Gasteiger partial charge in [-0.1, -0.05) is 84.9 Å². The highest BCUT2D eigenvalue weighted by molar-refractivity contribution is 6.27. The summed E-state index contributed by atoms with van der Waals surface area (Å²) in [5, 5.41) is 9.68. The van der Waals surface area contributed by atoms with E-state index in [1.165, 1.54) is 54.6 Å². The number of nitrogen functional groups attached to an aromatic ring is 1. The van der Waals surface area contributed by atoms with Crippen molar-refractivity contribution < 1.29 is 4.42 Å². The van der Waals surface area contributed by atoms with Crippen molar-refractivity contribution >= 4 is 98.7 Å². The van der Waals surface area contributed by atoms with E-state index >= 15 is 0 Å². The number of hydrogen-bond acceptors (Lipinski definition) is 3. The van der Waals surface area contributed by atoms with Gasteiger partial charge in [0.1, 0.15) is 11.2 Å². The van der Waals surface area contributed by atoms with Crippen molar-refractivity contribution in [2.24, 2.45) is 0 Å². The average Bonchev–Trinajstić information content (AvgIpc) is 4.11. The minimum absolute atomic E-state index is 0.268. The molecule has 1 fully saturated rings. The van der Waals surface area contributed by atoms with E-state index in [2.05, 4.69) is 170 Å². The fourth-order valence-corrected chi connectivity index (χ4v) is 11.2. The van der Waals surface area contributed by atoms with Crippen molar-refractivity contribution in [3.8, 4) is 11.4 Å². The molecule has 2 atom stereocenters. The fraction of sp³-hybridized carbons (Fsp3) is 0.0769. The fourth-order valence-electron chi connectivity index (χ4n) is 11.2. The Morgan fingerprint density at radius 3 is 2.16 bits per heavy atom. The summed E-state index contributed by atoms with van der Waals surface area (Å²) in [6, 6.07) is 60.3. The van der Waals surface area contributed by atoms with Crippen LogP contribution in [-0.2, 0) is 0 Å². The summed E-state index contributed by atoms with van der Waals surface area (Å²) in [5.74, 6) is 0. The second kappa shape index (κ2) is 10.9. The number of rotatable bonds is 3. The third-order valence-corrected chi connectivity index (χ3v) is 13.4. The Hall–Kier alpha value is -7.44. The summed E-state index contributed by atoms with van der Waals surface area (Å²) in [6.07, 6.45) is 1.08. The summed E-state index contributed by atoms with van der Waals surface area (Å²) in [4.78, 5) is 2.54. The third-order valence-electron chi connectivity index (χ3n) is 13.4. The molecular weight excluding hydrogens is 711 g/mol. The highest BCUT2D eigenvalue weighted by Gasteiger charge is 2.44. The zero-order valence-electron chi connectivity index (χ0n) is 31.4. The monoisotopic (exact) mass is 745 g/mol. The first kappa shape index (κ1) is 30.7. The predicted octanol–water partition coefficient (Wildman–Crippen LogP) is 13.0. The van der Waals surface area contributed by atoms with Crippen LogP contribution >= 0.6 is 0 Å². The molecule has 4 aromatic heterocycles. The summed E-state index contributed by atoms with van der Waals surface area (Å²) in [6.45, 7) is 0.981. The number of nitrogens with two attached hydrogens (primary N) is 1. The summed E-state index contributed by atoms with van der Waals surface area (Å²) >= 11 is 0. The van der Waals surface area contributed by atoms with Crippen LogP contribution in [0.3, 0.4) is 0 Å². The van der Waals surface area contributed by atoms with E-state index in [-0.39, 0.29) is 6.04 Å². The average molecular weight is 746 g/mol. The molecule has 1 saturated heterocycles. The molecule has 0 aliphatic carbocycles. The van der Waals surface area contributed by atoms with Crippen molar-refractivity contribution in [2.45, 2.75) is 18.5 Å². The van der Waals surface area contributed by atoms with Crippen molar-refractivity contribution in [2.75, 3.05) is 17.2 Å². The zero-order chi connectivity index (χ0) is 37.8. The Morgan fingerprint density at radius 2 is 1.24 bits per heavy atom. The molecular formula is C52H35N5O. The second-order valence-electron chi connectivity index (χ2n) is 16.2. The number of aromatic nitrogens is 3. The molecule has 0 radical (unpaired) electrons. The second-order valence-corrected chi connectivity index (χ2v) is 16.2. The number of nitrogens with zero attached hydrogens (tertiary/aromatic N) is 4. The quantitative estimate of drug-likeness (QED) is 0.183. The van der Waals surface area contributed by atoms with Crippen LogP contribution in [0.25, 0.3) is 98.7 Å². The van der Waals surface area contributed by atoms with Crippen LogP contribution < -0.4 is 10.6 Å². The van der Waals surface area contributed by atoms with Gasteiger partial charge in [0.2, 0.25) is 0 Å². The van der Waals surface area contributed by atoms with Crippen molar-refractivity contribution in [3.05, 3.63) is 169 Å². The third kappa shape index (κ3) is 3.78. The molecule has 2 aliphatic heterocycles. The highest BCUT2D eigenvalue weighted by atomic mass is 16.3. The van der Waals surface area contributed by atoms with E-state index in [4.69, 9.17) is 10.2 Å². The SMILES string of the molecule is Nc1ccccc1N1CCC2C1c1cccc3c4cc(-n5c6ccccc6c6cc7c8c9oc%10ccccc%10c9ccc8n(-c8ccccc8)c7cc65)ccc4n2c13. The normalized spacial score (nSPS) is 16.5. The van der Waals surface area contributed by atoms with Crippen molar-refractivity contribution in [1.82, 2.24) is 13.7 Å². The van der Waals surface area contributed by atoms with Gasteiger partial charge < -0.3 is 28.8 Å². The van der Waals surface area contributed by atoms with E-state index in [1.807, 2.05) is 12.1 Å². The van der Waals surface area contributed by atoms with E-state index < -0.39 is 0 Å². The zero-order valence-corrected chi connectivity index (χ0v) is 31.4. The van der Waals surface area contributed by atoms with Gasteiger partial charge in [-0.2, -0.15) is 0 Å². The number of benzene rings is 8. The lowest BCUT2D eigenvalue weighted by Crippen LogP contribution is -2.24. The van der Waals surface area contributed by atoms with Crippen molar-refractivity contribution in [1.29, 1.82) is 0 Å². The topological polar surface area (TPSA) is 57.2 Å². The minimum atomic E-state index is 0.268. The molecule has 14 rings (SSSR count). The lowest BCUT2D eigenvalue weighted by Gasteiger charge is -2.28. The Balaban J connectivity index is 1.04. The summed E-state index contributed by atoms with van der Waals surface area (Å²) < 4.78 is 14.2. The molecule has 0 amide bonds. The van der Waals surface area contributed by atoms with E-state index in [9.17, 15) is 0 Å². The summed E-state index contributed by atoms with van der Waals surface area (Å²) in [7, 11) is 0. The van der Waals surface area contributed by atoms with Gasteiger partial charge in [0.05, 0.1) is 56.4 Å². The Morgan fingerprint density at radius 1 is 0.500 bits per heavy atom. The van der Waals surface area contributed by atoms with Gasteiger partial charge in [0.15, 0.2) is 0 Å². The van der Waals surface area contributed by atoms with Crippen LogP contribution in [0.1, 0.15) is 24.1 Å². The molecule has 12 aromatic rings. The van der Waals surface area contributed by atoms with Crippen LogP contribution in [-0.4, -0.2) is 20.2 Å². The number of furan rings is 1. The lowest BCUT2D eigenvalue weighted by molar-refractivity contribution is 0.523. The Bertz CT molecular complexity index is 3730. The van der Waals surface area contributed by atoms with Crippen LogP contribution in [0, 0.1) is 0 Å². The van der Waals surface area contributed by atoms with Gasteiger partial charge in [-0.05, 0) is 85.3 Å². The first-order valence-corrected chi connectivity index (χ1v) is 20.3. The number of para-hydroxylation sites is 6. The van der Waals surface area contributed by atoms with Crippen LogP contribution in [0.4, 0.5) is 11.4 Å². The van der Waals surface area contributed by atoms with Gasteiger partial charge in [-0.25, -0.2) is 0 Å². The van der Waals surface area contributed by atoms with Gasteiger partial charge in [-0.3, -0.25) is 0 Å². The number of anilines is 2. The first-order valence-electron chi connectivity index (χ1n) is 20.3. The largest absolute Gasteiger partial charge is 0.455 e. The Kier molecular flexibility index (Phi) is 5.78. The molecule has 2 aliphatic rings. The highest BCUT2D eigenvalue weighted by Crippen LogP contribution is 2.55. The smallest absolute Gasteiger partial charge is 0.145 e. The number of hydrogen-bond donors (Lipinski definition) is 1. The molecule has 8 aromatic carbocycles. The molecule has 6 heterocycles. The summed E-state index contributed by atoms with van der Waals surface area (Å²) in [5.41, 5.74) is 21.4. The predicted molar refractivity (Wildman–Crippen MR) is 240 cm³/mol. The van der Waals surface area contributed by atoms with Gasteiger partial charge in [0, 0.05) is 66.7 Å². The maximum Gasteiger partial charge on any atom is 0.145 e.